The predicted molar refractivity (Wildman–Crippen MR) is 61.7 cm³/mol. The number of hydrogen-bond acceptors (Lipinski definition) is 1. The van der Waals surface area contributed by atoms with Crippen molar-refractivity contribution >= 4 is 33.6 Å². The van der Waals surface area contributed by atoms with E-state index in [4.69, 9.17) is 11.6 Å². The highest BCUT2D eigenvalue weighted by molar-refractivity contribution is 9.09. The molecule has 1 heterocycles. The predicted octanol–water partition coefficient (Wildman–Crippen LogP) is 4.55. The molecule has 0 fully saturated rings. The molecule has 0 saturated carbocycles. The highest BCUT2D eigenvalue weighted by atomic mass is 79.9. The fraction of sp³-hybridized carbons (Fsp3) is 0.300. The van der Waals surface area contributed by atoms with E-state index in [1.807, 2.05) is 0 Å². The molecule has 0 aliphatic carbocycles. The maximum atomic E-state index is 12.6. The molecule has 0 aliphatic rings. The van der Waals surface area contributed by atoms with Crippen LogP contribution in [0.15, 0.2) is 18.3 Å². The minimum atomic E-state index is -4.41. The summed E-state index contributed by atoms with van der Waals surface area (Å²) in [6.45, 7) is 0. The summed E-state index contributed by atoms with van der Waals surface area (Å²) in [5.74, 6) is 0. The first-order chi connectivity index (χ1) is 7.45. The van der Waals surface area contributed by atoms with Crippen LogP contribution in [0.25, 0.3) is 6.08 Å². The number of hydrogen-bond donors (Lipinski definition) is 0. The van der Waals surface area contributed by atoms with Gasteiger partial charge in [0.15, 0.2) is 0 Å². The molecule has 0 amide bonds. The van der Waals surface area contributed by atoms with Crippen LogP contribution >= 0.6 is 27.5 Å². The van der Waals surface area contributed by atoms with Crippen LogP contribution in [0.1, 0.15) is 17.5 Å². The lowest BCUT2D eigenvalue weighted by Crippen LogP contribution is -2.08. The van der Waals surface area contributed by atoms with E-state index in [9.17, 15) is 13.2 Å². The van der Waals surface area contributed by atoms with Gasteiger partial charge in [0.05, 0.1) is 5.56 Å². The van der Waals surface area contributed by atoms with Crippen molar-refractivity contribution in [2.24, 2.45) is 0 Å². The molecule has 0 unspecified atom stereocenters. The van der Waals surface area contributed by atoms with Crippen molar-refractivity contribution in [1.82, 2.24) is 4.98 Å². The summed E-state index contributed by atoms with van der Waals surface area (Å²) in [7, 11) is 0. The molecular formula is C10H8BrClF3N. The Morgan fingerprint density at radius 2 is 2.12 bits per heavy atom. The molecule has 0 aliphatic heterocycles. The van der Waals surface area contributed by atoms with Gasteiger partial charge in [-0.2, -0.15) is 13.2 Å². The molecule has 0 bridgehead atoms. The average Bonchev–Trinajstić information content (AvgIpc) is 2.16. The van der Waals surface area contributed by atoms with Crippen LogP contribution in [0.2, 0.25) is 5.15 Å². The van der Waals surface area contributed by atoms with Gasteiger partial charge in [-0.25, -0.2) is 4.98 Å². The van der Waals surface area contributed by atoms with Crippen molar-refractivity contribution in [3.05, 3.63) is 34.6 Å². The van der Waals surface area contributed by atoms with Crippen molar-refractivity contribution in [3.8, 4) is 0 Å². The molecule has 1 rings (SSSR count). The first kappa shape index (κ1) is 13.5. The summed E-state index contributed by atoms with van der Waals surface area (Å²) in [5.41, 5.74) is -0.740. The standard InChI is InChI=1S/C10H8BrClF3N/c11-4-2-1-3-7-5-9(12)16-6-8(7)10(13,14)15/h1,3,5-6H,2,4H2. The molecule has 0 atom stereocenters. The third-order valence-corrected chi connectivity index (χ3v) is 2.45. The zero-order chi connectivity index (χ0) is 12.2. The second-order valence-electron chi connectivity index (χ2n) is 2.97. The first-order valence-corrected chi connectivity index (χ1v) is 5.90. The molecule has 0 saturated heterocycles. The zero-order valence-electron chi connectivity index (χ0n) is 8.06. The molecule has 6 heteroatoms. The molecule has 0 spiro atoms. The number of nitrogens with zero attached hydrogens (tertiary/aromatic N) is 1. The van der Waals surface area contributed by atoms with Crippen molar-refractivity contribution < 1.29 is 13.2 Å². The molecule has 0 N–H and O–H groups in total. The minimum Gasteiger partial charge on any atom is -0.244 e. The van der Waals surface area contributed by atoms with Crippen LogP contribution in [0.5, 0.6) is 0 Å². The van der Waals surface area contributed by atoms with Crippen LogP contribution in [0, 0.1) is 0 Å². The second kappa shape index (κ2) is 5.68. The van der Waals surface area contributed by atoms with Crippen LogP contribution in [0.4, 0.5) is 13.2 Å². The number of alkyl halides is 4. The number of allylic oxidation sites excluding steroid dienone is 1. The smallest absolute Gasteiger partial charge is 0.244 e. The van der Waals surface area contributed by atoms with Gasteiger partial charge in [-0.05, 0) is 18.1 Å². The summed E-state index contributed by atoms with van der Waals surface area (Å²) in [6, 6.07) is 1.20. The van der Waals surface area contributed by atoms with E-state index in [1.165, 1.54) is 12.1 Å². The van der Waals surface area contributed by atoms with Gasteiger partial charge in [0.25, 0.3) is 0 Å². The van der Waals surface area contributed by atoms with Crippen LogP contribution in [0.3, 0.4) is 0 Å². The van der Waals surface area contributed by atoms with Gasteiger partial charge in [-0.15, -0.1) is 0 Å². The quantitative estimate of drug-likeness (QED) is 0.589. The lowest BCUT2D eigenvalue weighted by molar-refractivity contribution is -0.137. The highest BCUT2D eigenvalue weighted by Gasteiger charge is 2.33. The molecule has 16 heavy (non-hydrogen) atoms. The van der Waals surface area contributed by atoms with Gasteiger partial charge in [-0.3, -0.25) is 0 Å². The lowest BCUT2D eigenvalue weighted by atomic mass is 10.1. The van der Waals surface area contributed by atoms with Crippen molar-refractivity contribution in [3.63, 3.8) is 0 Å². The Labute approximate surface area is 104 Å². The topological polar surface area (TPSA) is 12.9 Å². The molecular weight excluding hydrogens is 306 g/mol. The van der Waals surface area contributed by atoms with Gasteiger partial charge < -0.3 is 0 Å². The van der Waals surface area contributed by atoms with Crippen molar-refractivity contribution in [2.75, 3.05) is 5.33 Å². The van der Waals surface area contributed by atoms with Crippen molar-refractivity contribution in [2.45, 2.75) is 12.6 Å². The first-order valence-electron chi connectivity index (χ1n) is 4.40. The van der Waals surface area contributed by atoms with Crippen LogP contribution < -0.4 is 0 Å². The Balaban J connectivity index is 3.09. The molecule has 1 aromatic rings. The molecule has 0 aromatic carbocycles. The van der Waals surface area contributed by atoms with Gasteiger partial charge >= 0.3 is 6.18 Å². The highest BCUT2D eigenvalue weighted by Crippen LogP contribution is 2.33. The Kier molecular flexibility index (Phi) is 4.80. The van der Waals surface area contributed by atoms with E-state index in [2.05, 4.69) is 20.9 Å². The monoisotopic (exact) mass is 313 g/mol. The molecule has 88 valence electrons. The zero-order valence-corrected chi connectivity index (χ0v) is 10.4. The second-order valence-corrected chi connectivity index (χ2v) is 4.15. The summed E-state index contributed by atoms with van der Waals surface area (Å²) >= 11 is 8.74. The largest absolute Gasteiger partial charge is 0.418 e. The average molecular weight is 315 g/mol. The Morgan fingerprint density at radius 3 is 2.69 bits per heavy atom. The summed E-state index contributed by atoms with van der Waals surface area (Å²) < 4.78 is 37.7. The third kappa shape index (κ3) is 3.79. The summed E-state index contributed by atoms with van der Waals surface area (Å²) in [6.07, 6.45) is 0.0341. The molecule has 0 radical (unpaired) electrons. The fourth-order valence-corrected chi connectivity index (χ4v) is 1.52. The number of pyridine rings is 1. The summed E-state index contributed by atoms with van der Waals surface area (Å²) in [5, 5.41) is 0.746. The Morgan fingerprint density at radius 1 is 1.44 bits per heavy atom. The van der Waals surface area contributed by atoms with Crippen molar-refractivity contribution in [1.29, 1.82) is 0 Å². The van der Waals surface area contributed by atoms with E-state index in [1.54, 1.807) is 6.08 Å². The van der Waals surface area contributed by atoms with Gasteiger partial charge in [0.2, 0.25) is 0 Å². The van der Waals surface area contributed by atoms with E-state index >= 15 is 0 Å². The van der Waals surface area contributed by atoms with Gasteiger partial charge in [0.1, 0.15) is 5.15 Å². The minimum absolute atomic E-state index is 0.0356. The third-order valence-electron chi connectivity index (χ3n) is 1.78. The summed E-state index contributed by atoms with van der Waals surface area (Å²) in [4.78, 5) is 3.44. The number of rotatable bonds is 3. The Bertz CT molecular complexity index is 390. The van der Waals surface area contributed by atoms with Gasteiger partial charge in [-0.1, -0.05) is 39.7 Å². The number of aromatic nitrogens is 1. The fourth-order valence-electron chi connectivity index (χ4n) is 1.09. The van der Waals surface area contributed by atoms with Crippen LogP contribution in [-0.4, -0.2) is 10.3 Å². The normalized spacial score (nSPS) is 12.3. The SMILES string of the molecule is FC(F)(F)c1cnc(Cl)cc1C=CCCBr. The molecule has 1 nitrogen and oxygen atoms in total. The Hall–Kier alpha value is -0.550. The number of halogens is 5. The van der Waals surface area contributed by atoms with E-state index in [-0.39, 0.29) is 10.7 Å². The van der Waals surface area contributed by atoms with Crippen LogP contribution in [-0.2, 0) is 6.18 Å². The van der Waals surface area contributed by atoms with E-state index < -0.39 is 11.7 Å². The van der Waals surface area contributed by atoms with E-state index in [0.29, 0.717) is 11.8 Å². The van der Waals surface area contributed by atoms with Gasteiger partial charge in [0, 0.05) is 11.5 Å². The molecule has 1 aromatic heterocycles. The maximum Gasteiger partial charge on any atom is 0.418 e. The maximum absolute atomic E-state index is 12.6. The van der Waals surface area contributed by atoms with E-state index in [0.717, 1.165) is 6.20 Å². The lowest BCUT2D eigenvalue weighted by Gasteiger charge is -2.09.